The van der Waals surface area contributed by atoms with Gasteiger partial charge in [0.25, 0.3) is 23.0 Å². The zero-order valence-corrected chi connectivity index (χ0v) is 34.9. The number of nitrogens with zero attached hydrogens (tertiary/aromatic N) is 6. The number of ketones is 2. The van der Waals surface area contributed by atoms with E-state index in [0.29, 0.717) is 49.3 Å². The SMILES string of the molecule is C=O.NC(N)=NCCC[C@H](NC(=O)[C@H](COC=O)CC(=O)CCCCn1cc(CCCC(=O)Nc2nnc(S(N)(=O)=O)s2)nn1)C(=O)C[C@@H](COC=O)C(=O)N[C@H](O)CS. The standard InChI is InChI=1S/C31H48N12O12S3.CH2O/c32-29(33)35-9-4-7-23(24(47)12-20(15-55-18-45)28(51)37-26(49)16-56)36-27(50)19(14-54-17-44)11-22(46)6-1-2-10-43-13-21(39-42-43)5-3-8-25(48)38-30-40-41-31(57-30)58(34,52)53;1-2/h13,17-20,23,26,49,56H,1-12,14-16H2,(H,36,50)(H,37,51)(H4,32,33,35)(H2,34,52,53)(H,38,40,48);1H2/t19-,20-,23-,26+;/m0./s1. The first-order valence-corrected chi connectivity index (χ1v) is 21.0. The second-order valence-corrected chi connectivity index (χ2v) is 15.7. The van der Waals surface area contributed by atoms with Crippen molar-refractivity contribution in [2.24, 2.45) is 33.4 Å². The van der Waals surface area contributed by atoms with Crippen LogP contribution in [-0.4, -0.2) is 131 Å². The van der Waals surface area contributed by atoms with Gasteiger partial charge in [-0.05, 0) is 38.5 Å². The van der Waals surface area contributed by atoms with Gasteiger partial charge in [0, 0.05) is 50.7 Å². The van der Waals surface area contributed by atoms with E-state index in [1.165, 1.54) is 0 Å². The van der Waals surface area contributed by atoms with Crippen LogP contribution in [0.4, 0.5) is 5.13 Å². The zero-order chi connectivity index (χ0) is 45.1. The van der Waals surface area contributed by atoms with Gasteiger partial charge in [-0.2, -0.15) is 12.6 Å². The van der Waals surface area contributed by atoms with Gasteiger partial charge in [-0.3, -0.25) is 43.2 Å². The van der Waals surface area contributed by atoms with E-state index in [1.807, 2.05) is 6.79 Å². The smallest absolute Gasteiger partial charge is 0.293 e. The number of Topliss-reactive ketones (excluding diaryl/α,β-unsaturated/α-hetero) is 2. The van der Waals surface area contributed by atoms with Crippen LogP contribution in [0.15, 0.2) is 15.5 Å². The topological polar surface area (TPSA) is 392 Å². The molecule has 0 bridgehead atoms. The zero-order valence-electron chi connectivity index (χ0n) is 32.4. The number of carbonyl (C=O) groups is 8. The van der Waals surface area contributed by atoms with E-state index < -0.39 is 81.6 Å². The molecule has 4 atom stereocenters. The van der Waals surface area contributed by atoms with Crippen LogP contribution in [0.1, 0.15) is 63.5 Å². The summed E-state index contributed by atoms with van der Waals surface area (Å²) in [7, 11) is -4.03. The Morgan fingerprint density at radius 3 is 2.20 bits per heavy atom. The number of aromatic nitrogens is 5. The molecule has 2 rings (SSSR count). The number of guanidine groups is 1. The first kappa shape index (κ1) is 52.6. The van der Waals surface area contributed by atoms with E-state index in [4.69, 9.17) is 30.9 Å². The average Bonchev–Trinajstić information content (AvgIpc) is 3.88. The van der Waals surface area contributed by atoms with Crippen LogP contribution in [0.25, 0.3) is 0 Å². The van der Waals surface area contributed by atoms with E-state index in [-0.39, 0.29) is 74.2 Å². The highest BCUT2D eigenvalue weighted by atomic mass is 32.2. The predicted octanol–water partition coefficient (Wildman–Crippen LogP) is -2.88. The number of nitrogens with two attached hydrogens (primary N) is 3. The molecule has 25 nitrogen and oxygen atoms in total. The van der Waals surface area contributed by atoms with Crippen LogP contribution >= 0.6 is 24.0 Å². The van der Waals surface area contributed by atoms with Gasteiger partial charge >= 0.3 is 0 Å². The van der Waals surface area contributed by atoms with Crippen LogP contribution in [0, 0.1) is 11.8 Å². The number of hydrogen-bond donors (Lipinski definition) is 8. The first-order chi connectivity index (χ1) is 28.6. The Morgan fingerprint density at radius 2 is 1.60 bits per heavy atom. The lowest BCUT2D eigenvalue weighted by molar-refractivity contribution is -0.139. The number of hydrogen-bond acceptors (Lipinski definition) is 20. The predicted molar refractivity (Wildman–Crippen MR) is 214 cm³/mol. The Hall–Kier alpha value is -5.45. The van der Waals surface area contributed by atoms with Crippen molar-refractivity contribution in [3.8, 4) is 0 Å². The van der Waals surface area contributed by atoms with Crippen LogP contribution in [0.5, 0.6) is 0 Å². The minimum absolute atomic E-state index is 0.000265. The van der Waals surface area contributed by atoms with Crippen molar-refractivity contribution in [2.45, 2.75) is 87.4 Å². The summed E-state index contributed by atoms with van der Waals surface area (Å²) in [5.74, 6) is -5.64. The molecule has 2 heterocycles. The summed E-state index contributed by atoms with van der Waals surface area (Å²) < 4.78 is 33.3. The maximum Gasteiger partial charge on any atom is 0.293 e. The van der Waals surface area contributed by atoms with Crippen LogP contribution in [0.2, 0.25) is 0 Å². The number of anilines is 1. The van der Waals surface area contributed by atoms with Gasteiger partial charge in [0.2, 0.25) is 27.2 Å². The molecule has 0 aliphatic rings. The molecule has 0 unspecified atom stereocenters. The number of aliphatic imine (C=N–C) groups is 1. The van der Waals surface area contributed by atoms with Crippen molar-refractivity contribution in [1.29, 1.82) is 0 Å². The summed E-state index contributed by atoms with van der Waals surface area (Å²) in [5.41, 5.74) is 11.4. The summed E-state index contributed by atoms with van der Waals surface area (Å²) in [6.07, 6.45) is 1.67. The number of rotatable bonds is 31. The number of sulfonamides is 1. The van der Waals surface area contributed by atoms with E-state index in [9.17, 15) is 47.1 Å². The van der Waals surface area contributed by atoms with Gasteiger partial charge in [-0.1, -0.05) is 16.6 Å². The third-order valence-electron chi connectivity index (χ3n) is 7.94. The molecule has 0 fully saturated rings. The molecule has 0 spiro atoms. The average molecular weight is 907 g/mol. The molecule has 334 valence electrons. The molecule has 0 aromatic carbocycles. The molecule has 0 saturated carbocycles. The molecular formula is C32H50N12O13S3. The molecule has 0 aliphatic heterocycles. The number of primary sulfonamides is 1. The lowest BCUT2D eigenvalue weighted by Gasteiger charge is -2.23. The lowest BCUT2D eigenvalue weighted by Crippen LogP contribution is -2.47. The van der Waals surface area contributed by atoms with E-state index in [2.05, 4.69) is 54.1 Å². The molecule has 28 heteroatoms. The third kappa shape index (κ3) is 21.5. The lowest BCUT2D eigenvalue weighted by atomic mass is 9.94. The normalized spacial score (nSPS) is 12.8. The Labute approximate surface area is 353 Å². The highest BCUT2D eigenvalue weighted by Gasteiger charge is 2.31. The van der Waals surface area contributed by atoms with Gasteiger partial charge in [0.15, 0.2) is 11.7 Å². The minimum atomic E-state index is -4.03. The van der Waals surface area contributed by atoms with Crippen molar-refractivity contribution >= 4 is 94.1 Å². The van der Waals surface area contributed by atoms with Gasteiger partial charge in [0.05, 0.1) is 23.6 Å². The highest BCUT2D eigenvalue weighted by molar-refractivity contribution is 7.91. The summed E-state index contributed by atoms with van der Waals surface area (Å²) in [6.45, 7) is 1.76. The van der Waals surface area contributed by atoms with Crippen molar-refractivity contribution in [1.82, 2.24) is 35.8 Å². The Balaban J connectivity index is 0.00000886. The molecular weight excluding hydrogens is 857 g/mol. The number of carbonyl (C=O) groups excluding carboxylic acids is 8. The van der Waals surface area contributed by atoms with Gasteiger partial charge < -0.3 is 46.8 Å². The Bertz CT molecular complexity index is 1840. The second-order valence-electron chi connectivity index (χ2n) is 12.6. The van der Waals surface area contributed by atoms with Crippen LogP contribution in [-0.2, 0) is 70.8 Å². The Kier molecular flexibility index (Phi) is 25.3. The first-order valence-electron chi connectivity index (χ1n) is 18.0. The fraction of sp³-hybridized carbons (Fsp3) is 0.594. The summed E-state index contributed by atoms with van der Waals surface area (Å²) in [5, 5.41) is 37.2. The van der Waals surface area contributed by atoms with Gasteiger partial charge in [-0.15, -0.1) is 15.3 Å². The Morgan fingerprint density at radius 1 is 0.950 bits per heavy atom. The fourth-order valence-electron chi connectivity index (χ4n) is 5.11. The number of aliphatic hydroxyl groups excluding tert-OH is 1. The van der Waals surface area contributed by atoms with Crippen molar-refractivity contribution in [3.05, 3.63) is 11.9 Å². The molecule has 2 aromatic heterocycles. The molecule has 10 N–H and O–H groups in total. The summed E-state index contributed by atoms with van der Waals surface area (Å²) in [6, 6.07) is -1.21. The van der Waals surface area contributed by atoms with Gasteiger partial charge in [0.1, 0.15) is 32.0 Å². The number of thiol groups is 1. The molecule has 60 heavy (non-hydrogen) atoms. The fourth-order valence-corrected chi connectivity index (χ4v) is 6.55. The molecule has 0 radical (unpaired) electrons. The van der Waals surface area contributed by atoms with Crippen molar-refractivity contribution in [2.75, 3.05) is 30.8 Å². The number of unbranched alkanes of at least 4 members (excludes halogenated alkanes) is 1. The van der Waals surface area contributed by atoms with Crippen LogP contribution < -0.4 is 32.6 Å². The number of ether oxygens (including phenoxy) is 2. The number of nitrogens with one attached hydrogen (secondary N) is 3. The number of aryl methyl sites for hydroxylation is 2. The molecule has 0 aliphatic carbocycles. The van der Waals surface area contributed by atoms with Crippen molar-refractivity contribution in [3.63, 3.8) is 0 Å². The molecule has 0 saturated heterocycles. The minimum Gasteiger partial charge on any atom is -0.467 e. The highest BCUT2D eigenvalue weighted by Crippen LogP contribution is 2.19. The molecule has 3 amide bonds. The summed E-state index contributed by atoms with van der Waals surface area (Å²) >= 11 is 4.52. The quantitative estimate of drug-likeness (QED) is 0.00716. The van der Waals surface area contributed by atoms with E-state index in [1.54, 1.807) is 10.9 Å². The van der Waals surface area contributed by atoms with Gasteiger partial charge in [-0.25, -0.2) is 13.6 Å². The molecule has 2 aromatic rings. The summed E-state index contributed by atoms with van der Waals surface area (Å²) in [4.78, 5) is 98.4. The number of amides is 3. The maximum absolute atomic E-state index is 13.5. The number of aliphatic hydroxyl groups is 1. The monoisotopic (exact) mass is 906 g/mol. The second kappa shape index (κ2) is 28.9. The largest absolute Gasteiger partial charge is 0.467 e. The van der Waals surface area contributed by atoms with Crippen LogP contribution in [0.3, 0.4) is 0 Å². The van der Waals surface area contributed by atoms with Crippen molar-refractivity contribution < 1.29 is 61.4 Å². The van der Waals surface area contributed by atoms with E-state index >= 15 is 0 Å². The maximum atomic E-state index is 13.5. The van der Waals surface area contributed by atoms with E-state index in [0.717, 1.165) is 0 Å². The third-order valence-corrected chi connectivity index (χ3v) is 10.4.